The first-order valence-corrected chi connectivity index (χ1v) is 7.60. The van der Waals surface area contributed by atoms with Gasteiger partial charge in [-0.3, -0.25) is 4.79 Å². The predicted octanol–water partition coefficient (Wildman–Crippen LogP) is 1.40. The SMILES string of the molecule is CCNC(=O)C1COCCN1c1ccc(CNC)c(Cl)c1. The van der Waals surface area contributed by atoms with Gasteiger partial charge in [-0.15, -0.1) is 0 Å². The van der Waals surface area contributed by atoms with Crippen molar-refractivity contribution in [3.63, 3.8) is 0 Å². The maximum atomic E-state index is 12.2. The standard InChI is InChI=1S/C15H22ClN3O2/c1-3-18-15(20)14-10-21-7-6-19(14)12-5-4-11(9-17-2)13(16)8-12/h4-5,8,14,17H,3,6-7,9-10H2,1-2H3,(H,18,20). The average Bonchev–Trinajstić information content (AvgIpc) is 2.50. The number of anilines is 1. The van der Waals surface area contributed by atoms with Gasteiger partial charge < -0.3 is 20.3 Å². The molecule has 6 heteroatoms. The van der Waals surface area contributed by atoms with Crippen LogP contribution >= 0.6 is 11.6 Å². The molecular weight excluding hydrogens is 290 g/mol. The molecule has 1 aliphatic heterocycles. The fraction of sp³-hybridized carbons (Fsp3) is 0.533. The van der Waals surface area contributed by atoms with E-state index < -0.39 is 0 Å². The molecule has 1 heterocycles. The van der Waals surface area contributed by atoms with Crippen molar-refractivity contribution in [1.29, 1.82) is 0 Å². The molecule has 0 saturated carbocycles. The van der Waals surface area contributed by atoms with Gasteiger partial charge in [0.1, 0.15) is 6.04 Å². The van der Waals surface area contributed by atoms with Gasteiger partial charge in [0.05, 0.1) is 13.2 Å². The minimum atomic E-state index is -0.301. The minimum Gasteiger partial charge on any atom is -0.377 e. The quantitative estimate of drug-likeness (QED) is 0.863. The van der Waals surface area contributed by atoms with Crippen molar-refractivity contribution in [3.05, 3.63) is 28.8 Å². The third kappa shape index (κ3) is 3.87. The van der Waals surface area contributed by atoms with E-state index >= 15 is 0 Å². The van der Waals surface area contributed by atoms with Crippen LogP contribution in [0, 0.1) is 0 Å². The zero-order chi connectivity index (χ0) is 15.2. The summed E-state index contributed by atoms with van der Waals surface area (Å²) < 4.78 is 5.45. The number of rotatable bonds is 5. The van der Waals surface area contributed by atoms with E-state index in [4.69, 9.17) is 16.3 Å². The second-order valence-electron chi connectivity index (χ2n) is 4.98. The van der Waals surface area contributed by atoms with Crippen molar-refractivity contribution in [1.82, 2.24) is 10.6 Å². The fourth-order valence-corrected chi connectivity index (χ4v) is 2.71. The summed E-state index contributed by atoms with van der Waals surface area (Å²) in [7, 11) is 1.89. The van der Waals surface area contributed by atoms with Gasteiger partial charge >= 0.3 is 0 Å². The number of ether oxygens (including phenoxy) is 1. The molecule has 0 aromatic heterocycles. The number of benzene rings is 1. The summed E-state index contributed by atoms with van der Waals surface area (Å²) in [4.78, 5) is 14.2. The Balaban J connectivity index is 2.21. The van der Waals surface area contributed by atoms with Gasteiger partial charge in [-0.25, -0.2) is 0 Å². The lowest BCUT2D eigenvalue weighted by atomic mass is 10.1. The molecular formula is C15H22ClN3O2. The topological polar surface area (TPSA) is 53.6 Å². The van der Waals surface area contributed by atoms with Gasteiger partial charge in [-0.1, -0.05) is 17.7 Å². The van der Waals surface area contributed by atoms with Crippen LogP contribution in [0.1, 0.15) is 12.5 Å². The molecule has 1 atom stereocenters. The van der Waals surface area contributed by atoms with Crippen LogP contribution in [0.5, 0.6) is 0 Å². The fourth-order valence-electron chi connectivity index (χ4n) is 2.47. The first-order chi connectivity index (χ1) is 10.2. The number of carbonyl (C=O) groups is 1. The van der Waals surface area contributed by atoms with Crippen molar-refractivity contribution in [2.45, 2.75) is 19.5 Å². The number of likely N-dealkylation sites (N-methyl/N-ethyl adjacent to an activating group) is 1. The van der Waals surface area contributed by atoms with Crippen LogP contribution in [-0.2, 0) is 16.1 Å². The molecule has 5 nitrogen and oxygen atoms in total. The molecule has 2 N–H and O–H groups in total. The van der Waals surface area contributed by atoms with Crippen LogP contribution in [-0.4, -0.2) is 45.3 Å². The first kappa shape index (κ1) is 16.1. The van der Waals surface area contributed by atoms with Gasteiger partial charge in [-0.05, 0) is 31.7 Å². The van der Waals surface area contributed by atoms with Crippen molar-refractivity contribution in [3.8, 4) is 0 Å². The Hall–Kier alpha value is -1.30. The molecule has 0 radical (unpaired) electrons. The van der Waals surface area contributed by atoms with Crippen LogP contribution in [0.4, 0.5) is 5.69 Å². The zero-order valence-electron chi connectivity index (χ0n) is 12.5. The molecule has 2 rings (SSSR count). The number of nitrogens with one attached hydrogen (secondary N) is 2. The Kier molecular flexibility index (Phi) is 5.85. The maximum Gasteiger partial charge on any atom is 0.245 e. The average molecular weight is 312 g/mol. The van der Waals surface area contributed by atoms with Crippen LogP contribution in [0.15, 0.2) is 18.2 Å². The van der Waals surface area contributed by atoms with E-state index in [0.717, 1.165) is 17.8 Å². The molecule has 1 aromatic rings. The highest BCUT2D eigenvalue weighted by molar-refractivity contribution is 6.31. The highest BCUT2D eigenvalue weighted by Gasteiger charge is 2.29. The van der Waals surface area contributed by atoms with E-state index in [1.54, 1.807) is 0 Å². The molecule has 0 aliphatic carbocycles. The van der Waals surface area contributed by atoms with Crippen molar-refractivity contribution >= 4 is 23.2 Å². The molecule has 1 fully saturated rings. The van der Waals surface area contributed by atoms with Crippen LogP contribution in [0.3, 0.4) is 0 Å². The van der Waals surface area contributed by atoms with Gasteiger partial charge in [-0.2, -0.15) is 0 Å². The van der Waals surface area contributed by atoms with E-state index in [1.165, 1.54) is 0 Å². The highest BCUT2D eigenvalue weighted by Crippen LogP contribution is 2.26. The molecule has 1 aliphatic rings. The molecule has 1 amide bonds. The lowest BCUT2D eigenvalue weighted by Crippen LogP contribution is -2.54. The normalized spacial score (nSPS) is 18.6. The molecule has 116 valence electrons. The van der Waals surface area contributed by atoms with E-state index in [-0.39, 0.29) is 11.9 Å². The molecule has 1 unspecified atom stereocenters. The second-order valence-corrected chi connectivity index (χ2v) is 5.39. The van der Waals surface area contributed by atoms with Gasteiger partial charge in [0.15, 0.2) is 0 Å². The summed E-state index contributed by atoms with van der Waals surface area (Å²) in [5.41, 5.74) is 2.00. The Morgan fingerprint density at radius 3 is 3.00 bits per heavy atom. The maximum absolute atomic E-state index is 12.2. The Bertz CT molecular complexity index is 496. The summed E-state index contributed by atoms with van der Waals surface area (Å²) in [5, 5.41) is 6.65. The Morgan fingerprint density at radius 1 is 1.52 bits per heavy atom. The third-order valence-corrected chi connectivity index (χ3v) is 3.87. The lowest BCUT2D eigenvalue weighted by molar-refractivity contribution is -0.124. The Morgan fingerprint density at radius 2 is 2.33 bits per heavy atom. The van der Waals surface area contributed by atoms with Gasteiger partial charge in [0.25, 0.3) is 0 Å². The summed E-state index contributed by atoms with van der Waals surface area (Å²) in [6.07, 6.45) is 0. The van der Waals surface area contributed by atoms with E-state index in [1.807, 2.05) is 32.2 Å². The zero-order valence-corrected chi connectivity index (χ0v) is 13.2. The van der Waals surface area contributed by atoms with Crippen LogP contribution in [0.25, 0.3) is 0 Å². The van der Waals surface area contributed by atoms with Crippen molar-refractivity contribution in [2.75, 3.05) is 38.3 Å². The molecule has 1 aromatic carbocycles. The first-order valence-electron chi connectivity index (χ1n) is 7.22. The van der Waals surface area contributed by atoms with Crippen LogP contribution in [0.2, 0.25) is 5.02 Å². The van der Waals surface area contributed by atoms with Gasteiger partial charge in [0, 0.05) is 30.3 Å². The largest absolute Gasteiger partial charge is 0.377 e. The van der Waals surface area contributed by atoms with Crippen LogP contribution < -0.4 is 15.5 Å². The summed E-state index contributed by atoms with van der Waals surface area (Å²) >= 11 is 6.32. The Labute approximate surface area is 130 Å². The lowest BCUT2D eigenvalue weighted by Gasteiger charge is -2.36. The minimum absolute atomic E-state index is 0.00683. The molecule has 21 heavy (non-hydrogen) atoms. The highest BCUT2D eigenvalue weighted by atomic mass is 35.5. The van der Waals surface area contributed by atoms with Crippen molar-refractivity contribution < 1.29 is 9.53 Å². The third-order valence-electron chi connectivity index (χ3n) is 3.52. The molecule has 0 bridgehead atoms. The summed E-state index contributed by atoms with van der Waals surface area (Å²) in [6, 6.07) is 5.63. The smallest absolute Gasteiger partial charge is 0.245 e. The summed E-state index contributed by atoms with van der Waals surface area (Å²) in [5.74, 6) is -0.00683. The second kappa shape index (κ2) is 7.64. The number of amides is 1. The number of nitrogens with zero attached hydrogens (tertiary/aromatic N) is 1. The number of halogens is 1. The number of morpholine rings is 1. The number of hydrogen-bond donors (Lipinski definition) is 2. The molecule has 1 saturated heterocycles. The van der Waals surface area contributed by atoms with E-state index in [2.05, 4.69) is 15.5 Å². The molecule has 0 spiro atoms. The van der Waals surface area contributed by atoms with Crippen molar-refractivity contribution in [2.24, 2.45) is 0 Å². The predicted molar refractivity (Wildman–Crippen MR) is 84.9 cm³/mol. The van der Waals surface area contributed by atoms with E-state index in [9.17, 15) is 4.79 Å². The monoisotopic (exact) mass is 311 g/mol. The summed E-state index contributed by atoms with van der Waals surface area (Å²) in [6.45, 7) is 4.96. The number of hydrogen-bond acceptors (Lipinski definition) is 4. The number of carbonyl (C=O) groups excluding carboxylic acids is 1. The van der Waals surface area contributed by atoms with Gasteiger partial charge in [0.2, 0.25) is 5.91 Å². The van der Waals surface area contributed by atoms with E-state index in [0.29, 0.717) is 31.3 Å².